The van der Waals surface area contributed by atoms with Gasteiger partial charge in [0.25, 0.3) is 5.91 Å². The van der Waals surface area contributed by atoms with Crippen molar-refractivity contribution in [2.24, 2.45) is 5.92 Å². The molecule has 2 unspecified atom stereocenters. The summed E-state index contributed by atoms with van der Waals surface area (Å²) in [4.78, 5) is 42.4. The summed E-state index contributed by atoms with van der Waals surface area (Å²) in [7, 11) is 0. The Hall–Kier alpha value is -4.26. The van der Waals surface area contributed by atoms with Crippen LogP contribution in [0.15, 0.2) is 77.9 Å². The zero-order valence-corrected chi connectivity index (χ0v) is 22.5. The number of nitrogens with one attached hydrogen (secondary N) is 1. The fraction of sp³-hybridized carbons (Fsp3) is 0.312. The minimum absolute atomic E-state index is 0.0402. The minimum atomic E-state index is -0.347. The molecule has 2 fully saturated rings. The first kappa shape index (κ1) is 26.4. The highest BCUT2D eigenvalue weighted by molar-refractivity contribution is 5.97. The van der Waals surface area contributed by atoms with Gasteiger partial charge in [-0.25, -0.2) is 4.98 Å². The second kappa shape index (κ2) is 11.2. The zero-order chi connectivity index (χ0) is 27.5. The Balaban J connectivity index is 0.00000151. The molecule has 0 aliphatic heterocycles. The highest BCUT2D eigenvalue weighted by Gasteiger charge is 2.45. The first-order chi connectivity index (χ1) is 19.0. The Morgan fingerprint density at radius 3 is 2.51 bits per heavy atom. The molecule has 2 aromatic heterocycles. The van der Waals surface area contributed by atoms with Gasteiger partial charge in [-0.05, 0) is 73.1 Å². The zero-order valence-electron chi connectivity index (χ0n) is 22.5. The summed E-state index contributed by atoms with van der Waals surface area (Å²) in [6, 6.07) is 19.8. The number of esters is 1. The summed E-state index contributed by atoms with van der Waals surface area (Å²) in [5.41, 5.74) is 4.27. The molecule has 2 atom stereocenters. The van der Waals surface area contributed by atoms with E-state index in [0.29, 0.717) is 17.6 Å². The number of carbonyl (C=O) groups is 2. The highest BCUT2D eigenvalue weighted by atomic mass is 16.5. The molecule has 0 radical (unpaired) electrons. The van der Waals surface area contributed by atoms with E-state index in [4.69, 9.17) is 4.74 Å². The Morgan fingerprint density at radius 1 is 1.03 bits per heavy atom. The molecule has 2 aliphatic carbocycles. The van der Waals surface area contributed by atoms with Crippen molar-refractivity contribution in [3.05, 3.63) is 94.4 Å². The van der Waals surface area contributed by atoms with E-state index in [-0.39, 0.29) is 40.7 Å². The van der Waals surface area contributed by atoms with Gasteiger partial charge in [-0.1, -0.05) is 50.2 Å². The highest BCUT2D eigenvalue weighted by Crippen LogP contribution is 2.48. The van der Waals surface area contributed by atoms with Crippen LogP contribution in [0.3, 0.4) is 0 Å². The Labute approximate surface area is 227 Å². The van der Waals surface area contributed by atoms with Crippen LogP contribution in [-0.2, 0) is 9.53 Å². The van der Waals surface area contributed by atoms with E-state index < -0.39 is 0 Å². The van der Waals surface area contributed by atoms with Gasteiger partial charge >= 0.3 is 5.97 Å². The van der Waals surface area contributed by atoms with Crippen molar-refractivity contribution >= 4 is 22.9 Å². The largest absolute Gasteiger partial charge is 0.466 e. The molecule has 39 heavy (non-hydrogen) atoms. The van der Waals surface area contributed by atoms with Gasteiger partial charge in [0.1, 0.15) is 11.2 Å². The third-order valence-corrected chi connectivity index (χ3v) is 7.10. The molecule has 2 heterocycles. The van der Waals surface area contributed by atoms with E-state index in [0.717, 1.165) is 41.6 Å². The molecule has 1 N–H and O–H groups in total. The second-order valence-corrected chi connectivity index (χ2v) is 9.74. The minimum Gasteiger partial charge on any atom is -0.466 e. The van der Waals surface area contributed by atoms with Gasteiger partial charge in [0.05, 0.1) is 17.9 Å². The molecule has 0 saturated heterocycles. The molecule has 4 aromatic rings. The lowest BCUT2D eigenvalue weighted by Crippen LogP contribution is -2.31. The van der Waals surface area contributed by atoms with Gasteiger partial charge in [0.2, 0.25) is 5.43 Å². The van der Waals surface area contributed by atoms with E-state index in [1.54, 1.807) is 24.5 Å². The van der Waals surface area contributed by atoms with Crippen molar-refractivity contribution in [2.45, 2.75) is 52.0 Å². The summed E-state index contributed by atoms with van der Waals surface area (Å²) in [5.74, 6) is -0.281. The number of benzene rings is 2. The molecular weight excluding hydrogens is 490 g/mol. The summed E-state index contributed by atoms with van der Waals surface area (Å²) in [5, 5.41) is 3.33. The summed E-state index contributed by atoms with van der Waals surface area (Å²) < 4.78 is 6.97. The van der Waals surface area contributed by atoms with E-state index in [9.17, 15) is 14.4 Å². The topological polar surface area (TPSA) is 90.3 Å². The number of nitrogens with zero attached hydrogens (tertiary/aromatic N) is 2. The van der Waals surface area contributed by atoms with Crippen LogP contribution >= 0.6 is 0 Å². The SMILES string of the molecule is CC.CCOC(=O)C1CC1c1ccc(-c2cccc(-n3cc(C(=O)NC4CC4)c(=O)c4cccnc43)c2)cc1. The Kier molecular flexibility index (Phi) is 7.59. The number of amides is 1. The lowest BCUT2D eigenvalue weighted by Gasteiger charge is -2.14. The summed E-state index contributed by atoms with van der Waals surface area (Å²) in [6.07, 6.45) is 5.96. The van der Waals surface area contributed by atoms with Crippen LogP contribution in [0.4, 0.5) is 0 Å². The number of rotatable bonds is 7. The third kappa shape index (κ3) is 5.48. The number of carbonyl (C=O) groups excluding carboxylic acids is 2. The van der Waals surface area contributed by atoms with Crippen LogP contribution in [0.2, 0.25) is 0 Å². The van der Waals surface area contributed by atoms with E-state index in [1.807, 2.05) is 49.6 Å². The number of ether oxygens (including phenoxy) is 1. The van der Waals surface area contributed by atoms with Crippen molar-refractivity contribution in [1.82, 2.24) is 14.9 Å². The molecule has 2 saturated carbocycles. The lowest BCUT2D eigenvalue weighted by molar-refractivity contribution is -0.144. The van der Waals surface area contributed by atoms with E-state index in [1.165, 1.54) is 0 Å². The van der Waals surface area contributed by atoms with Gasteiger partial charge in [0, 0.05) is 24.1 Å². The summed E-state index contributed by atoms with van der Waals surface area (Å²) in [6.45, 7) is 6.23. The van der Waals surface area contributed by atoms with Crippen LogP contribution < -0.4 is 10.7 Å². The van der Waals surface area contributed by atoms with Crippen LogP contribution in [0.25, 0.3) is 27.8 Å². The van der Waals surface area contributed by atoms with Crippen LogP contribution in [0.1, 0.15) is 61.9 Å². The average molecular weight is 524 g/mol. The Morgan fingerprint density at radius 2 is 1.79 bits per heavy atom. The maximum Gasteiger partial charge on any atom is 0.309 e. The lowest BCUT2D eigenvalue weighted by atomic mass is 10.0. The van der Waals surface area contributed by atoms with Gasteiger partial charge in [0.15, 0.2) is 0 Å². The molecular formula is C32H33N3O4. The van der Waals surface area contributed by atoms with Crippen molar-refractivity contribution < 1.29 is 14.3 Å². The number of fused-ring (bicyclic) bond motifs is 1. The van der Waals surface area contributed by atoms with Gasteiger partial charge in [-0.2, -0.15) is 0 Å². The second-order valence-electron chi connectivity index (χ2n) is 9.74. The van der Waals surface area contributed by atoms with Gasteiger partial charge in [-0.15, -0.1) is 0 Å². The summed E-state index contributed by atoms with van der Waals surface area (Å²) >= 11 is 0. The van der Waals surface area contributed by atoms with E-state index in [2.05, 4.69) is 34.6 Å². The van der Waals surface area contributed by atoms with Crippen molar-refractivity contribution in [3.8, 4) is 16.8 Å². The number of hydrogen-bond donors (Lipinski definition) is 1. The smallest absolute Gasteiger partial charge is 0.309 e. The maximum absolute atomic E-state index is 13.1. The Bertz CT molecular complexity index is 1570. The quantitative estimate of drug-likeness (QED) is 0.317. The van der Waals surface area contributed by atoms with Gasteiger partial charge in [-0.3, -0.25) is 14.4 Å². The molecule has 0 spiro atoms. The third-order valence-electron chi connectivity index (χ3n) is 7.10. The molecule has 1 amide bonds. The van der Waals surface area contributed by atoms with Gasteiger partial charge < -0.3 is 14.6 Å². The van der Waals surface area contributed by atoms with Crippen LogP contribution in [0.5, 0.6) is 0 Å². The normalized spacial score (nSPS) is 17.6. The molecule has 7 heteroatoms. The molecule has 7 nitrogen and oxygen atoms in total. The maximum atomic E-state index is 13.1. The van der Waals surface area contributed by atoms with Crippen LogP contribution in [-0.4, -0.2) is 34.1 Å². The molecule has 6 rings (SSSR count). The van der Waals surface area contributed by atoms with Crippen molar-refractivity contribution in [1.29, 1.82) is 0 Å². The fourth-order valence-electron chi connectivity index (χ4n) is 4.84. The van der Waals surface area contributed by atoms with Crippen molar-refractivity contribution in [3.63, 3.8) is 0 Å². The first-order valence-corrected chi connectivity index (χ1v) is 13.7. The molecule has 0 bridgehead atoms. The van der Waals surface area contributed by atoms with E-state index >= 15 is 0 Å². The standard InChI is InChI=1S/C30H27N3O4.C2H6/c1-2-37-30(36)25-16-24(25)19-10-8-18(9-11-19)20-5-3-6-22(15-20)33-17-26(29(35)32-21-12-13-21)27(34)23-7-4-14-31-28(23)33;1-2/h3-11,14-15,17,21,24-25H,2,12-13,16H2,1H3,(H,32,35);1-2H3. The average Bonchev–Trinajstić information content (AvgIpc) is 3.91. The number of hydrogen-bond acceptors (Lipinski definition) is 5. The molecule has 2 aromatic carbocycles. The molecule has 200 valence electrons. The monoisotopic (exact) mass is 523 g/mol. The fourth-order valence-corrected chi connectivity index (χ4v) is 4.84. The predicted octanol–water partition coefficient (Wildman–Crippen LogP) is 5.64. The predicted molar refractivity (Wildman–Crippen MR) is 152 cm³/mol. The molecule has 2 aliphatic rings. The number of pyridine rings is 2. The number of aromatic nitrogens is 2. The van der Waals surface area contributed by atoms with Crippen LogP contribution in [0, 0.1) is 5.92 Å². The first-order valence-electron chi connectivity index (χ1n) is 13.7. The van der Waals surface area contributed by atoms with Crippen molar-refractivity contribution in [2.75, 3.05) is 6.61 Å².